The maximum absolute atomic E-state index is 13.2. The summed E-state index contributed by atoms with van der Waals surface area (Å²) in [6.07, 6.45) is 4.93. The zero-order chi connectivity index (χ0) is 31.6. The summed E-state index contributed by atoms with van der Waals surface area (Å²) < 4.78 is 12.5. The third kappa shape index (κ3) is 6.17. The minimum Gasteiger partial charge on any atom is -0.493 e. The normalized spacial score (nSPS) is 20.5. The SMILES string of the molecule is CCCOc1c(I)cc(/C=C2\SC(=Nc3cc4c5c(c3)[C@@H](c3ccccc3)CCN5CC[C@@H]4c3ccccc3)NC2=O)cc1OC. The van der Waals surface area contributed by atoms with Crippen molar-refractivity contribution in [2.24, 2.45) is 4.99 Å². The molecule has 4 aromatic rings. The number of methoxy groups -OCH3 is 1. The van der Waals surface area contributed by atoms with Gasteiger partial charge in [0.1, 0.15) is 0 Å². The summed E-state index contributed by atoms with van der Waals surface area (Å²) in [6.45, 7) is 4.78. The van der Waals surface area contributed by atoms with Gasteiger partial charge in [0, 0.05) is 30.6 Å². The molecule has 0 aromatic heterocycles. The van der Waals surface area contributed by atoms with Gasteiger partial charge in [-0.1, -0.05) is 67.6 Å². The van der Waals surface area contributed by atoms with Gasteiger partial charge in [-0.25, -0.2) is 4.99 Å². The van der Waals surface area contributed by atoms with E-state index in [-0.39, 0.29) is 5.91 Å². The molecule has 0 aliphatic carbocycles. The van der Waals surface area contributed by atoms with Gasteiger partial charge in [0.05, 0.1) is 27.9 Å². The van der Waals surface area contributed by atoms with Gasteiger partial charge in [-0.3, -0.25) is 4.79 Å². The van der Waals surface area contributed by atoms with Crippen LogP contribution in [-0.2, 0) is 4.79 Å². The van der Waals surface area contributed by atoms with Crippen molar-refractivity contribution >= 4 is 62.9 Å². The number of carbonyl (C=O) groups excluding carboxylic acids is 1. The van der Waals surface area contributed by atoms with Gasteiger partial charge >= 0.3 is 0 Å². The van der Waals surface area contributed by atoms with Crippen molar-refractivity contribution in [1.29, 1.82) is 0 Å². The van der Waals surface area contributed by atoms with Crippen molar-refractivity contribution in [3.05, 3.63) is 121 Å². The Morgan fingerprint density at radius 2 is 1.59 bits per heavy atom. The van der Waals surface area contributed by atoms with Crippen LogP contribution in [0, 0.1) is 3.57 Å². The summed E-state index contributed by atoms with van der Waals surface area (Å²) in [5.74, 6) is 1.82. The first-order valence-corrected chi connectivity index (χ1v) is 17.7. The summed E-state index contributed by atoms with van der Waals surface area (Å²) in [5, 5.41) is 3.61. The van der Waals surface area contributed by atoms with Gasteiger partial charge in [-0.2, -0.15) is 0 Å². The lowest BCUT2D eigenvalue weighted by Crippen LogP contribution is -2.37. The Hall–Kier alpha value is -3.76. The highest BCUT2D eigenvalue weighted by Crippen LogP contribution is 2.50. The van der Waals surface area contributed by atoms with E-state index in [1.54, 1.807) is 7.11 Å². The van der Waals surface area contributed by atoms with Gasteiger partial charge in [0.15, 0.2) is 16.7 Å². The molecule has 1 amide bonds. The lowest BCUT2D eigenvalue weighted by molar-refractivity contribution is -0.115. The maximum atomic E-state index is 13.2. The number of thioether (sulfide) groups is 1. The molecule has 3 aliphatic heterocycles. The predicted molar refractivity (Wildman–Crippen MR) is 197 cm³/mol. The first kappa shape index (κ1) is 30.9. The van der Waals surface area contributed by atoms with Gasteiger partial charge in [-0.15, -0.1) is 0 Å². The Labute approximate surface area is 288 Å². The average Bonchev–Trinajstić information content (AvgIpc) is 3.42. The van der Waals surface area contributed by atoms with E-state index in [0.29, 0.717) is 34.3 Å². The Kier molecular flexibility index (Phi) is 9.08. The van der Waals surface area contributed by atoms with Gasteiger partial charge in [-0.05, 0) is 112 Å². The van der Waals surface area contributed by atoms with Gasteiger partial charge < -0.3 is 19.7 Å². The molecule has 0 spiro atoms. The van der Waals surface area contributed by atoms with Crippen molar-refractivity contribution in [1.82, 2.24) is 5.32 Å². The Bertz CT molecular complexity index is 1750. The first-order chi connectivity index (χ1) is 22.5. The summed E-state index contributed by atoms with van der Waals surface area (Å²) >= 11 is 3.63. The second-order valence-corrected chi connectivity index (χ2v) is 14.0. The number of hydrogen-bond acceptors (Lipinski definition) is 6. The van der Waals surface area contributed by atoms with Crippen molar-refractivity contribution in [2.75, 3.05) is 31.7 Å². The van der Waals surface area contributed by atoms with E-state index < -0.39 is 0 Å². The number of rotatable bonds is 8. The largest absolute Gasteiger partial charge is 0.493 e. The molecule has 234 valence electrons. The number of ether oxygens (including phenoxy) is 2. The first-order valence-electron chi connectivity index (χ1n) is 15.8. The molecular weight excluding hydrogens is 705 g/mol. The third-order valence-electron chi connectivity index (χ3n) is 8.88. The van der Waals surface area contributed by atoms with E-state index in [1.165, 1.54) is 39.7 Å². The van der Waals surface area contributed by atoms with E-state index in [4.69, 9.17) is 14.5 Å². The predicted octanol–water partition coefficient (Wildman–Crippen LogP) is 8.86. The smallest absolute Gasteiger partial charge is 0.264 e. The van der Waals surface area contributed by atoms with Crippen LogP contribution in [0.2, 0.25) is 0 Å². The second kappa shape index (κ2) is 13.5. The number of anilines is 1. The van der Waals surface area contributed by atoms with Gasteiger partial charge in [0.2, 0.25) is 0 Å². The molecule has 1 N–H and O–H groups in total. The molecular formula is C38H36IN3O3S. The van der Waals surface area contributed by atoms with E-state index in [9.17, 15) is 4.79 Å². The number of amides is 1. The number of amidine groups is 1. The van der Waals surface area contributed by atoms with E-state index in [1.807, 2.05) is 18.2 Å². The quantitative estimate of drug-likeness (QED) is 0.145. The number of aliphatic imine (C=N–C) groups is 1. The number of nitrogens with zero attached hydrogens (tertiary/aromatic N) is 2. The molecule has 0 bridgehead atoms. The number of nitrogens with one attached hydrogen (secondary N) is 1. The molecule has 2 atom stereocenters. The van der Waals surface area contributed by atoms with Crippen LogP contribution in [0.25, 0.3) is 6.08 Å². The highest BCUT2D eigenvalue weighted by atomic mass is 127. The molecule has 6 nitrogen and oxygen atoms in total. The number of halogens is 1. The van der Waals surface area contributed by atoms with Crippen LogP contribution in [0.1, 0.15) is 65.8 Å². The average molecular weight is 742 g/mol. The standard InChI is InChI=1S/C38H36IN3O3S/c1-3-18-45-36-32(39)19-24(20-33(36)44-2)21-34-37(43)41-38(46-34)40-27-22-30-28(25-10-6-4-7-11-25)14-16-42-17-15-29(31(23-27)35(30)42)26-12-8-5-9-13-26/h4-13,19-23,28-29H,3,14-18H2,1-2H3,(H,40,41,43)/b34-21-/t28-,29-/m1/s1. The molecule has 8 heteroatoms. The molecule has 7 rings (SSSR count). The molecule has 1 fully saturated rings. The Balaban J connectivity index is 1.26. The minimum absolute atomic E-state index is 0.154. The number of benzene rings is 4. The highest BCUT2D eigenvalue weighted by molar-refractivity contribution is 14.1. The van der Waals surface area contributed by atoms with Crippen LogP contribution < -0.4 is 19.7 Å². The number of carbonyl (C=O) groups is 1. The lowest BCUT2D eigenvalue weighted by atomic mass is 9.76. The maximum Gasteiger partial charge on any atom is 0.264 e. The molecule has 3 heterocycles. The molecule has 0 radical (unpaired) electrons. The van der Waals surface area contributed by atoms with Crippen molar-refractivity contribution < 1.29 is 14.3 Å². The molecule has 46 heavy (non-hydrogen) atoms. The fourth-order valence-corrected chi connectivity index (χ4v) is 8.44. The van der Waals surface area contributed by atoms with Crippen molar-refractivity contribution in [3.63, 3.8) is 0 Å². The van der Waals surface area contributed by atoms with Crippen LogP contribution in [-0.4, -0.2) is 37.9 Å². The summed E-state index contributed by atoms with van der Waals surface area (Å²) in [5.41, 5.74) is 8.43. The van der Waals surface area contributed by atoms with Crippen LogP contribution in [0.5, 0.6) is 11.5 Å². The lowest BCUT2D eigenvalue weighted by Gasteiger charge is -2.43. The van der Waals surface area contributed by atoms with Crippen LogP contribution in [0.4, 0.5) is 11.4 Å². The summed E-state index contributed by atoms with van der Waals surface area (Å²) in [4.78, 5) is 21.4. The molecule has 1 saturated heterocycles. The zero-order valence-corrected chi connectivity index (χ0v) is 28.9. The third-order valence-corrected chi connectivity index (χ3v) is 10.6. The fourth-order valence-electron chi connectivity index (χ4n) is 6.82. The van der Waals surface area contributed by atoms with Crippen LogP contribution in [0.15, 0.2) is 94.8 Å². The van der Waals surface area contributed by atoms with Gasteiger partial charge in [0.25, 0.3) is 5.91 Å². The molecule has 0 unspecified atom stereocenters. The van der Waals surface area contributed by atoms with E-state index >= 15 is 0 Å². The zero-order valence-electron chi connectivity index (χ0n) is 26.0. The van der Waals surface area contributed by atoms with E-state index in [0.717, 1.165) is 52.9 Å². The van der Waals surface area contributed by atoms with Crippen molar-refractivity contribution in [3.8, 4) is 11.5 Å². The summed E-state index contributed by atoms with van der Waals surface area (Å²) in [6, 6.07) is 30.1. The van der Waals surface area contributed by atoms with E-state index in [2.05, 4.69) is 113 Å². The highest BCUT2D eigenvalue weighted by Gasteiger charge is 2.35. The van der Waals surface area contributed by atoms with Crippen LogP contribution in [0.3, 0.4) is 0 Å². The Morgan fingerprint density at radius 1 is 0.957 bits per heavy atom. The molecule has 3 aliphatic rings. The second-order valence-electron chi connectivity index (χ2n) is 11.8. The fraction of sp³-hybridized carbons (Fsp3) is 0.263. The molecule has 0 saturated carbocycles. The van der Waals surface area contributed by atoms with Crippen molar-refractivity contribution in [2.45, 2.75) is 38.0 Å². The topological polar surface area (TPSA) is 63.2 Å². The van der Waals surface area contributed by atoms with Crippen LogP contribution >= 0.6 is 34.4 Å². The summed E-state index contributed by atoms with van der Waals surface area (Å²) in [7, 11) is 1.64. The number of hydrogen-bond donors (Lipinski definition) is 1. The minimum atomic E-state index is -0.154. The Morgan fingerprint density at radius 3 is 2.17 bits per heavy atom. The molecule has 4 aromatic carbocycles. The monoisotopic (exact) mass is 741 g/mol.